The summed E-state index contributed by atoms with van der Waals surface area (Å²) in [5, 5.41) is 7.09. The number of ether oxygens (including phenoxy) is 1. The van der Waals surface area contributed by atoms with Crippen molar-refractivity contribution < 1.29 is 42.3 Å². The minimum atomic E-state index is -2.91. The van der Waals surface area contributed by atoms with Crippen LogP contribution in [0.2, 0.25) is 0 Å². The van der Waals surface area contributed by atoms with E-state index < -0.39 is 60.8 Å². The number of pyridine rings is 1. The molecule has 0 saturated carbocycles. The first-order chi connectivity index (χ1) is 35.4. The predicted octanol–water partition coefficient (Wildman–Crippen LogP) is 14.8. The van der Waals surface area contributed by atoms with Crippen LogP contribution in [0.15, 0.2) is 176 Å². The standard InChI is InChI=1S/C57H39N4O.Pt/c1-36-26-28-45-43-19-7-8-20-44(43)48-23-13-25-53-57(48)60(56-37(2)14-11-22-49(56)50(45)30-36)35-59(53)40-17-12-18-41(32-40)62-42-27-29-47-46-21-9-10-24-52(46)61(54(47)33-42)55-31-38(3)51(34-58-55)39-15-5-4-6-16-39;/h4-31,34-35H,1-3H3;/q-3;/i3D3,4D,5D,6D,9D,10D,15D,16D,21D,24D;. The van der Waals surface area contributed by atoms with Gasteiger partial charge in [-0.1, -0.05) is 149 Å². The van der Waals surface area contributed by atoms with Crippen LogP contribution in [0.25, 0.3) is 82.1 Å². The second-order valence-electron chi connectivity index (χ2n) is 15.3. The van der Waals surface area contributed by atoms with E-state index in [-0.39, 0.29) is 66.2 Å². The summed E-state index contributed by atoms with van der Waals surface area (Å²) in [6.45, 7) is 3.41. The van der Waals surface area contributed by atoms with Gasteiger partial charge in [0.25, 0.3) is 0 Å². The van der Waals surface area contributed by atoms with Crippen LogP contribution in [-0.2, 0) is 21.1 Å². The molecule has 0 unspecified atom stereocenters. The van der Waals surface area contributed by atoms with Crippen molar-refractivity contribution >= 4 is 76.5 Å². The third-order valence-corrected chi connectivity index (χ3v) is 11.6. The Labute approximate surface area is 396 Å². The second-order valence-corrected chi connectivity index (χ2v) is 15.3. The Morgan fingerprint density at radius 3 is 2.19 bits per heavy atom. The van der Waals surface area contributed by atoms with E-state index in [1.54, 1.807) is 18.2 Å². The molecule has 5 nitrogen and oxygen atoms in total. The summed E-state index contributed by atoms with van der Waals surface area (Å²) in [6.07, 6.45) is 1.11. The molecule has 0 atom stereocenters. The zero-order valence-electron chi connectivity index (χ0n) is 45.6. The van der Waals surface area contributed by atoms with E-state index in [1.165, 1.54) is 10.6 Å². The molecule has 0 radical (unpaired) electrons. The van der Waals surface area contributed by atoms with Gasteiger partial charge in [0.2, 0.25) is 0 Å². The molecule has 3 aromatic heterocycles. The molecule has 63 heavy (non-hydrogen) atoms. The number of aromatic nitrogens is 3. The van der Waals surface area contributed by atoms with Crippen LogP contribution in [0.5, 0.6) is 11.5 Å². The van der Waals surface area contributed by atoms with Gasteiger partial charge in [-0.25, -0.2) is 4.98 Å². The molecule has 6 heteroatoms. The minimum Gasteiger partial charge on any atom is -0.509 e. The number of rotatable bonds is 5. The van der Waals surface area contributed by atoms with Crippen LogP contribution in [0.1, 0.15) is 33.1 Å². The van der Waals surface area contributed by atoms with Crippen LogP contribution in [0.4, 0.5) is 11.4 Å². The number of benzene rings is 8. The molecule has 8 aromatic carbocycles. The Bertz CT molecular complexity index is 4330. The Hall–Kier alpha value is -7.33. The van der Waals surface area contributed by atoms with Crippen LogP contribution >= 0.6 is 0 Å². The summed E-state index contributed by atoms with van der Waals surface area (Å²) in [7, 11) is 0. The van der Waals surface area contributed by atoms with Gasteiger partial charge in [0.15, 0.2) is 0 Å². The largest absolute Gasteiger partial charge is 0.509 e. The quantitative estimate of drug-likeness (QED) is 0.161. The average molecular weight is 1000 g/mol. The molecule has 0 amide bonds. The summed E-state index contributed by atoms with van der Waals surface area (Å²) < 4.78 is 113. The number of hydrogen-bond donors (Lipinski definition) is 0. The van der Waals surface area contributed by atoms with Crippen molar-refractivity contribution in [1.82, 2.24) is 14.1 Å². The molecule has 0 aliphatic carbocycles. The van der Waals surface area contributed by atoms with E-state index in [9.17, 15) is 0 Å². The van der Waals surface area contributed by atoms with Gasteiger partial charge in [-0.3, -0.25) is 0 Å². The number of hydrogen-bond acceptors (Lipinski definition) is 3. The van der Waals surface area contributed by atoms with Crippen LogP contribution < -0.4 is 9.64 Å². The topological polar surface area (TPSA) is 35.2 Å². The number of aryl methyl sites for hydroxylation is 3. The SMILES string of the molecule is [2H]c1c([2H])c([2H])c(-c2cnc(-n3c4[c-]c(Oc5[c-]c(N6[CH-]n7c8c(C)cccc8c8cc(C)ccc8c8ccccc8c8cccc6c87)ccc5)ccc4c4c([2H])c([2H])c([2H])c([2H])c43)cc2C([2H])([2H])[2H])c([2H])c1[2H].[Pt]. The van der Waals surface area contributed by atoms with E-state index in [0.29, 0.717) is 16.8 Å². The summed E-state index contributed by atoms with van der Waals surface area (Å²) >= 11 is 0. The summed E-state index contributed by atoms with van der Waals surface area (Å²) in [6, 6.07) is 39.6. The number of para-hydroxylation sites is 3. The molecular formula is C57H39N4OPt-3. The molecule has 0 bridgehead atoms. The average Bonchev–Trinajstić information content (AvgIpc) is 4.04. The van der Waals surface area contributed by atoms with Gasteiger partial charge in [0, 0.05) is 59.6 Å². The van der Waals surface area contributed by atoms with Gasteiger partial charge in [0.1, 0.15) is 5.82 Å². The molecule has 0 spiro atoms. The van der Waals surface area contributed by atoms with Crippen molar-refractivity contribution in [3.05, 3.63) is 211 Å². The molecule has 0 fully saturated rings. The van der Waals surface area contributed by atoms with Gasteiger partial charge in [0.05, 0.1) is 12.3 Å². The molecule has 1 aliphatic heterocycles. The maximum atomic E-state index is 9.10. The van der Waals surface area contributed by atoms with E-state index in [2.05, 4.69) is 126 Å². The van der Waals surface area contributed by atoms with Crippen LogP contribution in [-0.4, -0.2) is 14.1 Å². The Morgan fingerprint density at radius 1 is 0.619 bits per heavy atom. The Kier molecular flexibility index (Phi) is 6.67. The Balaban J connectivity index is 0.00000602. The minimum absolute atomic E-state index is 0. The summed E-state index contributed by atoms with van der Waals surface area (Å²) in [4.78, 5) is 6.66. The smallest absolute Gasteiger partial charge is 0.135 e. The third-order valence-electron chi connectivity index (χ3n) is 11.6. The summed E-state index contributed by atoms with van der Waals surface area (Å²) in [5.74, 6) is 0.390. The molecular weight excluding hydrogens is 952 g/mol. The molecule has 11 aromatic rings. The molecule has 0 N–H and O–H groups in total. The molecule has 0 saturated heterocycles. The first kappa shape index (κ1) is 27.6. The molecule has 4 heterocycles. The van der Waals surface area contributed by atoms with Gasteiger partial charge >= 0.3 is 0 Å². The molecule has 1 aliphatic rings. The number of anilines is 2. The van der Waals surface area contributed by atoms with Gasteiger partial charge in [-0.05, 0) is 99.9 Å². The van der Waals surface area contributed by atoms with E-state index in [4.69, 9.17) is 21.2 Å². The zero-order chi connectivity index (χ0) is 51.8. The first-order valence-corrected chi connectivity index (χ1v) is 20.0. The van der Waals surface area contributed by atoms with Crippen molar-refractivity contribution in [3.8, 4) is 28.4 Å². The van der Waals surface area contributed by atoms with Crippen molar-refractivity contribution in [2.24, 2.45) is 0 Å². The maximum absolute atomic E-state index is 9.10. The third kappa shape index (κ3) is 6.26. The Morgan fingerprint density at radius 2 is 1.33 bits per heavy atom. The van der Waals surface area contributed by atoms with Gasteiger partial charge in [-0.15, -0.1) is 35.7 Å². The number of fused-ring (bicyclic) bond motifs is 10. The van der Waals surface area contributed by atoms with Crippen LogP contribution in [0, 0.1) is 39.5 Å². The van der Waals surface area contributed by atoms with Crippen molar-refractivity contribution in [2.75, 3.05) is 4.90 Å². The fourth-order valence-electron chi connectivity index (χ4n) is 8.87. The van der Waals surface area contributed by atoms with E-state index in [0.717, 1.165) is 66.4 Å². The predicted molar refractivity (Wildman–Crippen MR) is 256 cm³/mol. The fraction of sp³-hybridized carbons (Fsp3) is 0.0526. The van der Waals surface area contributed by atoms with Crippen molar-refractivity contribution in [1.29, 1.82) is 0 Å². The van der Waals surface area contributed by atoms with Crippen LogP contribution in [0.3, 0.4) is 0 Å². The monoisotopic (exact) mass is 1000 g/mol. The van der Waals surface area contributed by atoms with Gasteiger partial charge in [-0.2, -0.15) is 12.1 Å². The van der Waals surface area contributed by atoms with Gasteiger partial charge < -0.3 is 18.8 Å². The normalized spacial score (nSPS) is 14.9. The molecule has 12 rings (SSSR count). The number of nitrogens with zero attached hydrogens (tertiary/aromatic N) is 4. The fourth-order valence-corrected chi connectivity index (χ4v) is 8.87. The first-order valence-electron chi connectivity index (χ1n) is 26.0. The summed E-state index contributed by atoms with van der Waals surface area (Å²) in [5.41, 5.74) is 5.05. The van der Waals surface area contributed by atoms with E-state index >= 15 is 0 Å². The maximum Gasteiger partial charge on any atom is 0.135 e. The van der Waals surface area contributed by atoms with Crippen molar-refractivity contribution in [2.45, 2.75) is 20.7 Å². The molecule has 306 valence electrons. The van der Waals surface area contributed by atoms with E-state index in [1.807, 2.05) is 12.1 Å². The van der Waals surface area contributed by atoms with Crippen molar-refractivity contribution in [3.63, 3.8) is 0 Å². The second kappa shape index (κ2) is 15.2. The zero-order valence-corrected chi connectivity index (χ0v) is 35.9.